The third-order valence-corrected chi connectivity index (χ3v) is 5.92. The molecule has 1 heterocycles. The van der Waals surface area contributed by atoms with Crippen molar-refractivity contribution in [2.24, 2.45) is 5.92 Å². The SMILES string of the molecule is CCNCC1CCCN(S(=O)(=O)NCC(C)(C)N(C)C)C1. The standard InChI is InChI=1S/C14H32N4O2S/c1-6-15-10-13-8-7-9-18(11-13)21(19,20)16-12-14(2,3)17(4)5/h13,15-16H,6-12H2,1-5H3. The molecule has 1 saturated heterocycles. The van der Waals surface area contributed by atoms with Crippen molar-refractivity contribution < 1.29 is 8.42 Å². The summed E-state index contributed by atoms with van der Waals surface area (Å²) >= 11 is 0. The van der Waals surface area contributed by atoms with Crippen LogP contribution in [0.1, 0.15) is 33.6 Å². The maximum Gasteiger partial charge on any atom is 0.279 e. The Morgan fingerprint density at radius 2 is 2.00 bits per heavy atom. The molecule has 0 radical (unpaired) electrons. The van der Waals surface area contributed by atoms with Crippen LogP contribution in [0.25, 0.3) is 0 Å². The van der Waals surface area contributed by atoms with Crippen LogP contribution >= 0.6 is 0 Å². The Morgan fingerprint density at radius 3 is 2.57 bits per heavy atom. The maximum atomic E-state index is 12.5. The lowest BCUT2D eigenvalue weighted by Crippen LogP contribution is -2.53. The molecule has 1 aliphatic rings. The summed E-state index contributed by atoms with van der Waals surface area (Å²) < 4.78 is 29.3. The first-order valence-corrected chi connectivity index (χ1v) is 9.26. The lowest BCUT2D eigenvalue weighted by atomic mass is 10.00. The first-order valence-electron chi connectivity index (χ1n) is 7.82. The van der Waals surface area contributed by atoms with E-state index in [1.54, 1.807) is 4.31 Å². The van der Waals surface area contributed by atoms with Crippen LogP contribution in [0.3, 0.4) is 0 Å². The van der Waals surface area contributed by atoms with Crippen molar-refractivity contribution in [2.45, 2.75) is 39.2 Å². The van der Waals surface area contributed by atoms with Crippen molar-refractivity contribution in [1.29, 1.82) is 0 Å². The largest absolute Gasteiger partial charge is 0.317 e. The van der Waals surface area contributed by atoms with E-state index < -0.39 is 10.2 Å². The molecule has 126 valence electrons. The minimum absolute atomic E-state index is 0.202. The maximum absolute atomic E-state index is 12.5. The number of nitrogens with one attached hydrogen (secondary N) is 2. The third-order valence-electron chi connectivity index (χ3n) is 4.40. The van der Waals surface area contributed by atoms with Crippen molar-refractivity contribution in [2.75, 3.05) is 46.8 Å². The van der Waals surface area contributed by atoms with Gasteiger partial charge in [-0.15, -0.1) is 0 Å². The van der Waals surface area contributed by atoms with Crippen LogP contribution in [0.15, 0.2) is 0 Å². The van der Waals surface area contributed by atoms with Crippen LogP contribution in [-0.2, 0) is 10.2 Å². The quantitative estimate of drug-likeness (QED) is 0.683. The highest BCUT2D eigenvalue weighted by molar-refractivity contribution is 7.87. The lowest BCUT2D eigenvalue weighted by molar-refractivity contribution is 0.196. The number of likely N-dealkylation sites (N-methyl/N-ethyl adjacent to an activating group) is 1. The van der Waals surface area contributed by atoms with Crippen molar-refractivity contribution >= 4 is 10.2 Å². The molecular weight excluding hydrogens is 288 g/mol. The second-order valence-electron chi connectivity index (χ2n) is 6.71. The molecule has 0 spiro atoms. The molecule has 0 bridgehead atoms. The van der Waals surface area contributed by atoms with Gasteiger partial charge < -0.3 is 10.2 Å². The Bertz CT molecular complexity index is 409. The topological polar surface area (TPSA) is 64.7 Å². The minimum Gasteiger partial charge on any atom is -0.317 e. The van der Waals surface area contributed by atoms with Crippen LogP contribution in [0.4, 0.5) is 0 Å². The molecule has 0 aromatic heterocycles. The number of nitrogens with zero attached hydrogens (tertiary/aromatic N) is 2. The van der Waals surface area contributed by atoms with Crippen LogP contribution in [0, 0.1) is 5.92 Å². The number of rotatable bonds is 8. The molecule has 1 rings (SSSR count). The van der Waals surface area contributed by atoms with Gasteiger partial charge in [-0.25, -0.2) is 4.72 Å². The molecule has 0 aromatic rings. The summed E-state index contributed by atoms with van der Waals surface area (Å²) in [5, 5.41) is 3.31. The van der Waals surface area contributed by atoms with Gasteiger partial charge in [-0.1, -0.05) is 6.92 Å². The van der Waals surface area contributed by atoms with Crippen LogP contribution in [0.5, 0.6) is 0 Å². The molecule has 7 heteroatoms. The highest BCUT2D eigenvalue weighted by Gasteiger charge is 2.30. The fraction of sp³-hybridized carbons (Fsp3) is 1.00. The predicted octanol–water partition coefficient (Wildman–Crippen LogP) is 0.483. The van der Waals surface area contributed by atoms with Crippen molar-refractivity contribution in [1.82, 2.24) is 19.2 Å². The lowest BCUT2D eigenvalue weighted by Gasteiger charge is -2.35. The van der Waals surface area contributed by atoms with Crippen LogP contribution < -0.4 is 10.0 Å². The highest BCUT2D eigenvalue weighted by atomic mass is 32.2. The van der Waals surface area contributed by atoms with Gasteiger partial charge in [0.15, 0.2) is 0 Å². The van der Waals surface area contributed by atoms with Crippen molar-refractivity contribution in [3.05, 3.63) is 0 Å². The van der Waals surface area contributed by atoms with Crippen LogP contribution in [0.2, 0.25) is 0 Å². The average Bonchev–Trinajstić information content (AvgIpc) is 2.43. The van der Waals surface area contributed by atoms with Gasteiger partial charge in [-0.05, 0) is 59.8 Å². The van der Waals surface area contributed by atoms with E-state index in [2.05, 4.69) is 17.0 Å². The molecule has 6 nitrogen and oxygen atoms in total. The summed E-state index contributed by atoms with van der Waals surface area (Å²) in [6.45, 7) is 9.60. The number of hydrogen-bond acceptors (Lipinski definition) is 4. The monoisotopic (exact) mass is 320 g/mol. The van der Waals surface area contributed by atoms with Crippen molar-refractivity contribution in [3.63, 3.8) is 0 Å². The molecule has 1 unspecified atom stereocenters. The summed E-state index contributed by atoms with van der Waals surface area (Å²) in [5.74, 6) is 0.414. The molecule has 1 atom stereocenters. The predicted molar refractivity (Wildman–Crippen MR) is 87.5 cm³/mol. The molecule has 0 amide bonds. The summed E-state index contributed by atoms with van der Waals surface area (Å²) in [5.41, 5.74) is -0.202. The molecule has 0 aliphatic carbocycles. The van der Waals surface area contributed by atoms with Gasteiger partial charge in [0.05, 0.1) is 0 Å². The smallest absolute Gasteiger partial charge is 0.279 e. The molecule has 21 heavy (non-hydrogen) atoms. The third kappa shape index (κ3) is 5.83. The van der Waals surface area contributed by atoms with E-state index in [9.17, 15) is 8.42 Å². The number of piperidine rings is 1. The highest BCUT2D eigenvalue weighted by Crippen LogP contribution is 2.18. The average molecular weight is 321 g/mol. The Morgan fingerprint density at radius 1 is 1.33 bits per heavy atom. The molecule has 2 N–H and O–H groups in total. The Labute approximate surface area is 130 Å². The normalized spacial score (nSPS) is 21.9. The fourth-order valence-corrected chi connectivity index (χ4v) is 3.77. The Balaban J connectivity index is 2.57. The zero-order chi connectivity index (χ0) is 16.1. The second-order valence-corrected chi connectivity index (χ2v) is 8.46. The summed E-state index contributed by atoms with van der Waals surface area (Å²) in [6, 6.07) is 0. The molecule has 1 fully saturated rings. The summed E-state index contributed by atoms with van der Waals surface area (Å²) in [7, 11) is 0.541. The van der Waals surface area contributed by atoms with Gasteiger partial charge in [-0.3, -0.25) is 0 Å². The first kappa shape index (κ1) is 18.8. The van der Waals surface area contributed by atoms with E-state index in [1.165, 1.54) is 0 Å². The van der Waals surface area contributed by atoms with E-state index in [0.717, 1.165) is 25.9 Å². The molecular formula is C14H32N4O2S. The fourth-order valence-electron chi connectivity index (χ4n) is 2.28. The van der Waals surface area contributed by atoms with Gasteiger partial charge in [-0.2, -0.15) is 12.7 Å². The van der Waals surface area contributed by atoms with Gasteiger partial charge in [0.2, 0.25) is 0 Å². The van der Waals surface area contributed by atoms with Gasteiger partial charge in [0.25, 0.3) is 10.2 Å². The first-order chi connectivity index (χ1) is 9.69. The zero-order valence-corrected chi connectivity index (χ0v) is 15.0. The van der Waals surface area contributed by atoms with E-state index >= 15 is 0 Å². The molecule has 0 saturated carbocycles. The van der Waals surface area contributed by atoms with Gasteiger partial charge >= 0.3 is 0 Å². The summed E-state index contributed by atoms with van der Waals surface area (Å²) in [6.07, 6.45) is 2.04. The van der Waals surface area contributed by atoms with E-state index in [0.29, 0.717) is 25.6 Å². The minimum atomic E-state index is -3.38. The number of hydrogen-bond donors (Lipinski definition) is 2. The van der Waals surface area contributed by atoms with Gasteiger partial charge in [0.1, 0.15) is 0 Å². The second kappa shape index (κ2) is 7.87. The summed E-state index contributed by atoms with van der Waals surface area (Å²) in [4.78, 5) is 2.03. The van der Waals surface area contributed by atoms with E-state index in [1.807, 2.05) is 32.8 Å². The molecule has 0 aromatic carbocycles. The molecule has 1 aliphatic heterocycles. The van der Waals surface area contributed by atoms with Crippen molar-refractivity contribution in [3.8, 4) is 0 Å². The zero-order valence-electron chi connectivity index (χ0n) is 14.1. The van der Waals surface area contributed by atoms with E-state index in [4.69, 9.17) is 0 Å². The van der Waals surface area contributed by atoms with E-state index in [-0.39, 0.29) is 5.54 Å². The Kier molecular flexibility index (Phi) is 7.06. The van der Waals surface area contributed by atoms with Crippen LogP contribution in [-0.4, -0.2) is 70.0 Å². The Hall–Kier alpha value is -0.210. The van der Waals surface area contributed by atoms with Gasteiger partial charge in [0, 0.05) is 25.2 Å².